The average Bonchev–Trinajstić information content (AvgIpc) is 2.86. The van der Waals surface area contributed by atoms with Crippen molar-refractivity contribution in [3.63, 3.8) is 0 Å². The van der Waals surface area contributed by atoms with Gasteiger partial charge < -0.3 is 10.6 Å². The number of piperidine rings is 1. The molecule has 7 heteroatoms. The highest BCUT2D eigenvalue weighted by Crippen LogP contribution is 2.24. The Morgan fingerprint density at radius 3 is 2.62 bits per heavy atom. The van der Waals surface area contributed by atoms with Crippen LogP contribution in [0.2, 0.25) is 0 Å². The van der Waals surface area contributed by atoms with E-state index in [2.05, 4.69) is 15.5 Å². The fourth-order valence-corrected chi connectivity index (χ4v) is 4.47. The Morgan fingerprint density at radius 1 is 1.33 bits per heavy atom. The van der Waals surface area contributed by atoms with Crippen molar-refractivity contribution in [3.8, 4) is 0 Å². The van der Waals surface area contributed by atoms with Gasteiger partial charge in [-0.1, -0.05) is 0 Å². The van der Waals surface area contributed by atoms with E-state index >= 15 is 0 Å². The van der Waals surface area contributed by atoms with Crippen LogP contribution in [0.4, 0.5) is 0 Å². The van der Waals surface area contributed by atoms with Crippen molar-refractivity contribution in [2.24, 2.45) is 0 Å². The number of rotatable bonds is 5. The molecule has 0 aliphatic carbocycles. The topological polar surface area (TPSA) is 78.5 Å². The standard InChI is InChI=1S/C14H27N3O3S/c1-11(10-21(2,19)20)16-14(18)13-4-3-9-17(13)12-5-7-15-8-6-12/h11-13,15H,3-10H2,1-2H3,(H,16,18). The lowest BCUT2D eigenvalue weighted by molar-refractivity contribution is -0.126. The maximum atomic E-state index is 12.4. The molecule has 2 rings (SSSR count). The van der Waals surface area contributed by atoms with Gasteiger partial charge in [0.1, 0.15) is 9.84 Å². The summed E-state index contributed by atoms with van der Waals surface area (Å²) in [5.41, 5.74) is 0. The van der Waals surface area contributed by atoms with Crippen LogP contribution in [0.5, 0.6) is 0 Å². The van der Waals surface area contributed by atoms with E-state index in [0.29, 0.717) is 6.04 Å². The summed E-state index contributed by atoms with van der Waals surface area (Å²) in [5, 5.41) is 6.22. The molecule has 1 amide bonds. The number of nitrogens with one attached hydrogen (secondary N) is 2. The summed E-state index contributed by atoms with van der Waals surface area (Å²) in [4.78, 5) is 14.8. The van der Waals surface area contributed by atoms with Crippen LogP contribution in [0.3, 0.4) is 0 Å². The van der Waals surface area contributed by atoms with Gasteiger partial charge in [0, 0.05) is 18.3 Å². The lowest BCUT2D eigenvalue weighted by Gasteiger charge is -2.35. The van der Waals surface area contributed by atoms with Gasteiger partial charge in [-0.3, -0.25) is 9.69 Å². The summed E-state index contributed by atoms with van der Waals surface area (Å²) >= 11 is 0. The van der Waals surface area contributed by atoms with Crippen molar-refractivity contribution in [3.05, 3.63) is 0 Å². The zero-order valence-electron chi connectivity index (χ0n) is 13.0. The van der Waals surface area contributed by atoms with Crippen LogP contribution in [0.25, 0.3) is 0 Å². The lowest BCUT2D eigenvalue weighted by atomic mass is 10.0. The molecule has 2 aliphatic heterocycles. The van der Waals surface area contributed by atoms with Gasteiger partial charge in [-0.25, -0.2) is 8.42 Å². The van der Waals surface area contributed by atoms with Gasteiger partial charge in [0.25, 0.3) is 0 Å². The minimum atomic E-state index is -3.06. The zero-order chi connectivity index (χ0) is 15.5. The predicted molar refractivity (Wildman–Crippen MR) is 82.9 cm³/mol. The first-order valence-corrected chi connectivity index (χ1v) is 9.87. The van der Waals surface area contributed by atoms with Gasteiger partial charge >= 0.3 is 0 Å². The summed E-state index contributed by atoms with van der Waals surface area (Å²) < 4.78 is 22.6. The van der Waals surface area contributed by atoms with E-state index in [1.165, 1.54) is 6.26 Å². The SMILES string of the molecule is CC(CS(C)(=O)=O)NC(=O)C1CCCN1C1CCNCC1. The van der Waals surface area contributed by atoms with E-state index in [0.717, 1.165) is 45.3 Å². The highest BCUT2D eigenvalue weighted by molar-refractivity contribution is 7.90. The molecule has 2 unspecified atom stereocenters. The molecule has 6 nitrogen and oxygen atoms in total. The highest BCUT2D eigenvalue weighted by atomic mass is 32.2. The highest BCUT2D eigenvalue weighted by Gasteiger charge is 2.36. The second-order valence-corrected chi connectivity index (χ2v) is 8.56. The van der Waals surface area contributed by atoms with Gasteiger partial charge in [0.15, 0.2) is 0 Å². The third-order valence-electron chi connectivity index (χ3n) is 4.32. The molecule has 2 atom stereocenters. The molecule has 0 spiro atoms. The molecule has 0 radical (unpaired) electrons. The number of sulfone groups is 1. The zero-order valence-corrected chi connectivity index (χ0v) is 13.8. The lowest BCUT2D eigenvalue weighted by Crippen LogP contribution is -2.52. The molecular formula is C14H27N3O3S. The fraction of sp³-hybridized carbons (Fsp3) is 0.929. The number of carbonyl (C=O) groups excluding carboxylic acids is 1. The van der Waals surface area contributed by atoms with Crippen molar-refractivity contribution in [1.82, 2.24) is 15.5 Å². The van der Waals surface area contributed by atoms with Gasteiger partial charge in [-0.15, -0.1) is 0 Å². The maximum absolute atomic E-state index is 12.4. The molecule has 2 N–H and O–H groups in total. The number of amides is 1. The molecule has 122 valence electrons. The smallest absolute Gasteiger partial charge is 0.237 e. The molecule has 2 fully saturated rings. The number of nitrogens with zero attached hydrogens (tertiary/aromatic N) is 1. The first-order chi connectivity index (χ1) is 9.87. The molecule has 0 saturated carbocycles. The van der Waals surface area contributed by atoms with Crippen LogP contribution < -0.4 is 10.6 Å². The van der Waals surface area contributed by atoms with Crippen LogP contribution in [0, 0.1) is 0 Å². The molecule has 2 heterocycles. The van der Waals surface area contributed by atoms with Crippen LogP contribution in [0.1, 0.15) is 32.6 Å². The molecule has 2 aliphatic rings. The van der Waals surface area contributed by atoms with Crippen molar-refractivity contribution in [1.29, 1.82) is 0 Å². The average molecular weight is 317 g/mol. The first kappa shape index (κ1) is 16.7. The summed E-state index contributed by atoms with van der Waals surface area (Å²) in [6, 6.07) is 0.0628. The number of hydrogen-bond donors (Lipinski definition) is 2. The predicted octanol–water partition coefficient (Wildman–Crippen LogP) is -0.248. The number of carbonyl (C=O) groups is 1. The summed E-state index contributed by atoms with van der Waals surface area (Å²) in [7, 11) is -3.06. The van der Waals surface area contributed by atoms with Gasteiger partial charge in [-0.05, 0) is 52.2 Å². The molecule has 2 saturated heterocycles. The third kappa shape index (κ3) is 4.93. The van der Waals surface area contributed by atoms with E-state index in [-0.39, 0.29) is 23.7 Å². The van der Waals surface area contributed by atoms with Gasteiger partial charge in [0.05, 0.1) is 11.8 Å². The van der Waals surface area contributed by atoms with Crippen molar-refractivity contribution < 1.29 is 13.2 Å². The molecule has 0 bridgehead atoms. The second kappa shape index (κ2) is 7.07. The summed E-state index contributed by atoms with van der Waals surface area (Å²) in [6.45, 7) is 4.76. The quantitative estimate of drug-likeness (QED) is 0.731. The fourth-order valence-electron chi connectivity index (χ4n) is 3.48. The first-order valence-electron chi connectivity index (χ1n) is 7.81. The second-order valence-electron chi connectivity index (χ2n) is 6.38. The molecule has 0 aromatic rings. The van der Waals surface area contributed by atoms with Crippen molar-refractivity contribution in [2.45, 2.75) is 50.7 Å². The number of likely N-dealkylation sites (tertiary alicyclic amines) is 1. The van der Waals surface area contributed by atoms with E-state index in [4.69, 9.17) is 0 Å². The number of hydrogen-bond acceptors (Lipinski definition) is 5. The minimum Gasteiger partial charge on any atom is -0.351 e. The summed E-state index contributed by atoms with van der Waals surface area (Å²) in [5.74, 6) is -0.0130. The Kier molecular flexibility index (Phi) is 5.62. The molecule has 0 aromatic heterocycles. The van der Waals surface area contributed by atoms with Crippen LogP contribution in [-0.4, -0.2) is 69.0 Å². The van der Waals surface area contributed by atoms with E-state index < -0.39 is 9.84 Å². The Hall–Kier alpha value is -0.660. The Balaban J connectivity index is 1.91. The molecule has 21 heavy (non-hydrogen) atoms. The van der Waals surface area contributed by atoms with Crippen molar-refractivity contribution >= 4 is 15.7 Å². The maximum Gasteiger partial charge on any atom is 0.237 e. The minimum absolute atomic E-state index is 0.00118. The summed E-state index contributed by atoms with van der Waals surface area (Å²) in [6.07, 6.45) is 5.29. The van der Waals surface area contributed by atoms with Gasteiger partial charge in [0.2, 0.25) is 5.91 Å². The van der Waals surface area contributed by atoms with Crippen molar-refractivity contribution in [2.75, 3.05) is 31.6 Å². The Bertz CT molecular complexity index is 460. The van der Waals surface area contributed by atoms with Crippen LogP contribution in [0.15, 0.2) is 0 Å². The Morgan fingerprint density at radius 2 is 2.00 bits per heavy atom. The van der Waals surface area contributed by atoms with E-state index in [9.17, 15) is 13.2 Å². The van der Waals surface area contributed by atoms with Gasteiger partial charge in [-0.2, -0.15) is 0 Å². The van der Waals surface area contributed by atoms with Crippen LogP contribution in [-0.2, 0) is 14.6 Å². The van der Waals surface area contributed by atoms with Crippen LogP contribution >= 0.6 is 0 Å². The molecular weight excluding hydrogens is 290 g/mol. The third-order valence-corrected chi connectivity index (χ3v) is 5.42. The molecule has 0 aromatic carbocycles. The normalized spacial score (nSPS) is 26.7. The monoisotopic (exact) mass is 317 g/mol. The van der Waals surface area contributed by atoms with E-state index in [1.807, 2.05) is 0 Å². The Labute approximate surface area is 127 Å². The van der Waals surface area contributed by atoms with E-state index in [1.54, 1.807) is 6.92 Å². The largest absolute Gasteiger partial charge is 0.351 e.